The van der Waals surface area contributed by atoms with E-state index in [9.17, 15) is 4.79 Å². The largest absolute Gasteiger partial charge is 0.465 e. The highest BCUT2D eigenvalue weighted by Crippen LogP contribution is 2.31. The first-order valence-electron chi connectivity index (χ1n) is 6.71. The molecule has 0 aliphatic carbocycles. The third kappa shape index (κ3) is 2.54. The monoisotopic (exact) mass is 253 g/mol. The van der Waals surface area contributed by atoms with Gasteiger partial charge >= 0.3 is 5.97 Å². The first-order chi connectivity index (χ1) is 8.66. The lowest BCUT2D eigenvalue weighted by Crippen LogP contribution is -2.39. The second-order valence-electron chi connectivity index (χ2n) is 4.36. The van der Waals surface area contributed by atoms with Crippen molar-refractivity contribution in [2.45, 2.75) is 58.9 Å². The lowest BCUT2D eigenvalue weighted by molar-refractivity contribution is -0.151. The molecule has 102 valence electrons. The SMILES string of the molecule is CCCn1cnnc1C(CC)(CC)C(=O)OCC. The van der Waals surface area contributed by atoms with Gasteiger partial charge in [-0.3, -0.25) is 4.79 Å². The Labute approximate surface area is 109 Å². The van der Waals surface area contributed by atoms with Gasteiger partial charge in [-0.1, -0.05) is 20.8 Å². The molecule has 1 aromatic heterocycles. The molecule has 5 nitrogen and oxygen atoms in total. The van der Waals surface area contributed by atoms with Gasteiger partial charge < -0.3 is 9.30 Å². The molecule has 0 atom stereocenters. The molecule has 0 spiro atoms. The van der Waals surface area contributed by atoms with Crippen molar-refractivity contribution in [3.63, 3.8) is 0 Å². The van der Waals surface area contributed by atoms with Gasteiger partial charge in [0.05, 0.1) is 6.61 Å². The van der Waals surface area contributed by atoms with Crippen LogP contribution in [0.15, 0.2) is 6.33 Å². The van der Waals surface area contributed by atoms with Crippen LogP contribution in [-0.4, -0.2) is 27.3 Å². The van der Waals surface area contributed by atoms with E-state index in [4.69, 9.17) is 4.74 Å². The van der Waals surface area contributed by atoms with Gasteiger partial charge in [0.15, 0.2) is 0 Å². The van der Waals surface area contributed by atoms with E-state index >= 15 is 0 Å². The van der Waals surface area contributed by atoms with Crippen LogP contribution in [0.25, 0.3) is 0 Å². The summed E-state index contributed by atoms with van der Waals surface area (Å²) in [6.45, 7) is 9.11. The maximum Gasteiger partial charge on any atom is 0.319 e. The molecule has 18 heavy (non-hydrogen) atoms. The topological polar surface area (TPSA) is 57.0 Å². The van der Waals surface area contributed by atoms with Crippen molar-refractivity contribution in [2.24, 2.45) is 0 Å². The fourth-order valence-electron chi connectivity index (χ4n) is 2.25. The maximum atomic E-state index is 12.3. The lowest BCUT2D eigenvalue weighted by atomic mass is 9.81. The van der Waals surface area contributed by atoms with Crippen LogP contribution >= 0.6 is 0 Å². The minimum Gasteiger partial charge on any atom is -0.465 e. The molecule has 0 amide bonds. The molecule has 1 aromatic rings. The van der Waals surface area contributed by atoms with Crippen LogP contribution in [0.5, 0.6) is 0 Å². The Hall–Kier alpha value is -1.39. The standard InChI is InChI=1S/C13H23N3O2/c1-5-9-16-10-14-15-11(16)13(6-2,7-3)12(17)18-8-4/h10H,5-9H2,1-4H3. The van der Waals surface area contributed by atoms with Gasteiger partial charge in [-0.05, 0) is 26.2 Å². The van der Waals surface area contributed by atoms with Crippen LogP contribution in [0.4, 0.5) is 0 Å². The predicted octanol–water partition coefficient (Wildman–Crippen LogP) is 2.31. The number of ether oxygens (including phenoxy) is 1. The number of hydrogen-bond acceptors (Lipinski definition) is 4. The molecule has 0 N–H and O–H groups in total. The summed E-state index contributed by atoms with van der Waals surface area (Å²) in [5, 5.41) is 8.11. The summed E-state index contributed by atoms with van der Waals surface area (Å²) in [4.78, 5) is 12.3. The summed E-state index contributed by atoms with van der Waals surface area (Å²) < 4.78 is 7.19. The van der Waals surface area contributed by atoms with Gasteiger partial charge in [-0.25, -0.2) is 0 Å². The fourth-order valence-corrected chi connectivity index (χ4v) is 2.25. The fraction of sp³-hybridized carbons (Fsp3) is 0.769. The Morgan fingerprint density at radius 2 is 2.00 bits per heavy atom. The number of carbonyl (C=O) groups excluding carboxylic acids is 1. The molecule has 0 saturated carbocycles. The van der Waals surface area contributed by atoms with Gasteiger partial charge in [0.2, 0.25) is 0 Å². The van der Waals surface area contributed by atoms with Crippen LogP contribution in [0, 0.1) is 0 Å². The molecule has 0 aliphatic rings. The van der Waals surface area contributed by atoms with Crippen LogP contribution < -0.4 is 0 Å². The van der Waals surface area contributed by atoms with E-state index in [0.717, 1.165) is 18.8 Å². The van der Waals surface area contributed by atoms with Crippen molar-refractivity contribution >= 4 is 5.97 Å². The normalized spacial score (nSPS) is 11.6. The van der Waals surface area contributed by atoms with Crippen molar-refractivity contribution < 1.29 is 9.53 Å². The Morgan fingerprint density at radius 1 is 1.33 bits per heavy atom. The van der Waals surface area contributed by atoms with E-state index in [2.05, 4.69) is 17.1 Å². The average Bonchev–Trinajstić information content (AvgIpc) is 2.81. The zero-order valence-corrected chi connectivity index (χ0v) is 11.8. The molecule has 0 radical (unpaired) electrons. The molecule has 1 rings (SSSR count). The third-order valence-electron chi connectivity index (χ3n) is 3.38. The maximum absolute atomic E-state index is 12.3. The second kappa shape index (κ2) is 6.52. The zero-order chi connectivity index (χ0) is 13.6. The van der Waals surface area contributed by atoms with Crippen molar-refractivity contribution in [2.75, 3.05) is 6.61 Å². The van der Waals surface area contributed by atoms with Crippen LogP contribution in [-0.2, 0) is 21.5 Å². The molecule has 0 aromatic carbocycles. The van der Waals surface area contributed by atoms with Gasteiger partial charge in [-0.2, -0.15) is 0 Å². The highest BCUT2D eigenvalue weighted by atomic mass is 16.5. The average molecular weight is 253 g/mol. The molecule has 0 fully saturated rings. The van der Waals surface area contributed by atoms with Crippen molar-refractivity contribution in [3.05, 3.63) is 12.2 Å². The van der Waals surface area contributed by atoms with E-state index in [-0.39, 0.29) is 5.97 Å². The zero-order valence-electron chi connectivity index (χ0n) is 11.8. The first-order valence-corrected chi connectivity index (χ1v) is 6.71. The highest BCUT2D eigenvalue weighted by Gasteiger charge is 2.42. The predicted molar refractivity (Wildman–Crippen MR) is 69.2 cm³/mol. The van der Waals surface area contributed by atoms with E-state index in [1.165, 1.54) is 0 Å². The summed E-state index contributed by atoms with van der Waals surface area (Å²) in [5.74, 6) is 0.535. The second-order valence-corrected chi connectivity index (χ2v) is 4.36. The van der Waals surface area contributed by atoms with Crippen molar-refractivity contribution in [1.82, 2.24) is 14.8 Å². The molecule has 1 heterocycles. The van der Waals surface area contributed by atoms with E-state index in [0.29, 0.717) is 19.4 Å². The number of nitrogens with zero attached hydrogens (tertiary/aromatic N) is 3. The highest BCUT2D eigenvalue weighted by molar-refractivity contribution is 5.82. The summed E-state index contributed by atoms with van der Waals surface area (Å²) in [7, 11) is 0. The van der Waals surface area contributed by atoms with Crippen LogP contribution in [0.2, 0.25) is 0 Å². The molecule has 0 aliphatic heterocycles. The lowest BCUT2D eigenvalue weighted by Gasteiger charge is -2.28. The summed E-state index contributed by atoms with van der Waals surface area (Å²) in [6, 6.07) is 0. The quantitative estimate of drug-likeness (QED) is 0.700. The number of rotatable bonds is 7. The first kappa shape index (κ1) is 14.7. The van der Waals surface area contributed by atoms with Crippen LogP contribution in [0.1, 0.15) is 52.8 Å². The van der Waals surface area contributed by atoms with Gasteiger partial charge in [0.1, 0.15) is 17.6 Å². The number of hydrogen-bond donors (Lipinski definition) is 0. The summed E-state index contributed by atoms with van der Waals surface area (Å²) in [5.41, 5.74) is -0.665. The van der Waals surface area contributed by atoms with Crippen molar-refractivity contribution in [3.8, 4) is 0 Å². The van der Waals surface area contributed by atoms with Crippen LogP contribution in [0.3, 0.4) is 0 Å². The molecule has 0 unspecified atom stereocenters. The van der Waals surface area contributed by atoms with Gasteiger partial charge in [0.25, 0.3) is 0 Å². The number of carbonyl (C=O) groups is 1. The van der Waals surface area contributed by atoms with Crippen molar-refractivity contribution in [1.29, 1.82) is 0 Å². The molecule has 0 saturated heterocycles. The minimum absolute atomic E-state index is 0.194. The van der Waals surface area contributed by atoms with E-state index in [1.807, 2.05) is 25.3 Å². The van der Waals surface area contributed by atoms with E-state index < -0.39 is 5.41 Å². The van der Waals surface area contributed by atoms with E-state index in [1.54, 1.807) is 6.33 Å². The Morgan fingerprint density at radius 3 is 2.50 bits per heavy atom. The number of aromatic nitrogens is 3. The third-order valence-corrected chi connectivity index (χ3v) is 3.38. The Kier molecular flexibility index (Phi) is 5.31. The summed E-state index contributed by atoms with van der Waals surface area (Å²) >= 11 is 0. The Bertz CT molecular complexity index is 383. The molecular formula is C13H23N3O2. The summed E-state index contributed by atoms with van der Waals surface area (Å²) in [6.07, 6.45) is 4.02. The molecule has 5 heteroatoms. The molecular weight excluding hydrogens is 230 g/mol. The minimum atomic E-state index is -0.665. The Balaban J connectivity index is 3.17. The number of aryl methyl sites for hydroxylation is 1. The molecule has 0 bridgehead atoms. The number of esters is 1. The smallest absolute Gasteiger partial charge is 0.319 e. The van der Waals surface area contributed by atoms with Gasteiger partial charge in [-0.15, -0.1) is 10.2 Å². The van der Waals surface area contributed by atoms with Gasteiger partial charge in [0, 0.05) is 6.54 Å².